The molecule has 1 aliphatic heterocycles. The summed E-state index contributed by atoms with van der Waals surface area (Å²) < 4.78 is 10.9. The predicted octanol–water partition coefficient (Wildman–Crippen LogP) is 4.82. The van der Waals surface area contributed by atoms with Gasteiger partial charge in [-0.25, -0.2) is 0 Å². The summed E-state index contributed by atoms with van der Waals surface area (Å²) in [5, 5.41) is 3.51. The minimum atomic E-state index is -0.119. The first-order valence-electron chi connectivity index (χ1n) is 9.56. The van der Waals surface area contributed by atoms with Crippen LogP contribution in [0.3, 0.4) is 0 Å². The summed E-state index contributed by atoms with van der Waals surface area (Å²) in [6, 6.07) is 10.3. The van der Waals surface area contributed by atoms with Gasteiger partial charge in [0, 0.05) is 12.5 Å². The van der Waals surface area contributed by atoms with Gasteiger partial charge in [-0.05, 0) is 38.7 Å². The van der Waals surface area contributed by atoms with Crippen LogP contribution in [0.15, 0.2) is 30.3 Å². The van der Waals surface area contributed by atoms with E-state index in [1.165, 1.54) is 12.8 Å². The number of benzene rings is 1. The van der Waals surface area contributed by atoms with Crippen LogP contribution >= 0.6 is 0 Å². The number of esters is 1. The molecule has 0 aromatic heterocycles. The Morgan fingerprint density at radius 1 is 1.16 bits per heavy atom. The van der Waals surface area contributed by atoms with E-state index in [-0.39, 0.29) is 11.7 Å². The van der Waals surface area contributed by atoms with Crippen molar-refractivity contribution in [1.29, 1.82) is 0 Å². The quantitative estimate of drug-likeness (QED) is 0.717. The number of hydrogen-bond acceptors (Lipinski definition) is 4. The van der Waals surface area contributed by atoms with Crippen LogP contribution in [0.1, 0.15) is 72.3 Å². The fraction of sp³-hybridized carbons (Fsp3) is 0.667. The zero-order chi connectivity index (χ0) is 18.7. The molecule has 4 nitrogen and oxygen atoms in total. The maximum atomic E-state index is 11.0. The summed E-state index contributed by atoms with van der Waals surface area (Å²) in [6.07, 6.45) is 5.33. The number of hydrogen-bond donors (Lipinski definition) is 1. The summed E-state index contributed by atoms with van der Waals surface area (Å²) >= 11 is 0. The molecule has 0 radical (unpaired) electrons. The molecule has 1 aromatic carbocycles. The first-order valence-corrected chi connectivity index (χ1v) is 9.56. The van der Waals surface area contributed by atoms with E-state index >= 15 is 0 Å². The lowest BCUT2D eigenvalue weighted by molar-refractivity contribution is -0.144. The van der Waals surface area contributed by atoms with E-state index in [9.17, 15) is 4.79 Å². The molecule has 2 rings (SSSR count). The van der Waals surface area contributed by atoms with Crippen molar-refractivity contribution in [2.24, 2.45) is 0 Å². The maximum Gasteiger partial charge on any atom is 0.306 e. The molecule has 2 unspecified atom stereocenters. The fourth-order valence-electron chi connectivity index (χ4n) is 2.99. The Balaban J connectivity index is 0.000000251. The SMILES string of the molecule is CCCC(=O)OCc1ccccc1.CCCC1NC(C)(C)OC1CC. The average Bonchev–Trinajstić information content (AvgIpc) is 2.89. The molecule has 142 valence electrons. The minimum Gasteiger partial charge on any atom is -0.461 e. The molecule has 1 fully saturated rings. The van der Waals surface area contributed by atoms with Gasteiger partial charge in [0.25, 0.3) is 0 Å². The van der Waals surface area contributed by atoms with Gasteiger partial charge in [-0.2, -0.15) is 0 Å². The van der Waals surface area contributed by atoms with E-state index < -0.39 is 0 Å². The normalized spacial score (nSPS) is 21.3. The van der Waals surface area contributed by atoms with Crippen molar-refractivity contribution in [3.63, 3.8) is 0 Å². The summed E-state index contributed by atoms with van der Waals surface area (Å²) in [4.78, 5) is 11.0. The van der Waals surface area contributed by atoms with Crippen LogP contribution in [0, 0.1) is 0 Å². The third kappa shape index (κ3) is 8.50. The highest BCUT2D eigenvalue weighted by molar-refractivity contribution is 5.69. The van der Waals surface area contributed by atoms with Crippen molar-refractivity contribution in [3.05, 3.63) is 35.9 Å². The van der Waals surface area contributed by atoms with E-state index in [1.54, 1.807) is 0 Å². The molecular formula is C21H35NO3. The van der Waals surface area contributed by atoms with E-state index in [0.717, 1.165) is 18.4 Å². The third-order valence-corrected chi connectivity index (χ3v) is 4.13. The first-order chi connectivity index (χ1) is 11.9. The monoisotopic (exact) mass is 349 g/mol. The molecule has 1 aromatic rings. The molecule has 25 heavy (non-hydrogen) atoms. The molecular weight excluding hydrogens is 314 g/mol. The Hall–Kier alpha value is -1.39. The second-order valence-corrected chi connectivity index (χ2v) is 7.01. The van der Waals surface area contributed by atoms with Crippen LogP contribution in [0.4, 0.5) is 0 Å². The zero-order valence-electron chi connectivity index (χ0n) is 16.5. The molecule has 0 bridgehead atoms. The van der Waals surface area contributed by atoms with Crippen molar-refractivity contribution in [2.45, 2.75) is 91.2 Å². The molecule has 0 aliphatic carbocycles. The van der Waals surface area contributed by atoms with E-state index in [4.69, 9.17) is 9.47 Å². The van der Waals surface area contributed by atoms with Gasteiger partial charge >= 0.3 is 5.97 Å². The van der Waals surface area contributed by atoms with Gasteiger partial charge in [0.05, 0.1) is 6.10 Å². The fourth-order valence-corrected chi connectivity index (χ4v) is 2.99. The molecule has 0 saturated carbocycles. The summed E-state index contributed by atoms with van der Waals surface area (Å²) in [6.45, 7) is 11.0. The number of carbonyl (C=O) groups is 1. The van der Waals surface area contributed by atoms with Gasteiger partial charge in [-0.1, -0.05) is 57.5 Å². The molecule has 1 aliphatic rings. The molecule has 4 heteroatoms. The van der Waals surface area contributed by atoms with Crippen molar-refractivity contribution in [3.8, 4) is 0 Å². The summed E-state index contributed by atoms with van der Waals surface area (Å²) in [5.74, 6) is -0.119. The second kappa shape index (κ2) is 11.3. The van der Waals surface area contributed by atoms with Gasteiger partial charge in [0.15, 0.2) is 0 Å². The Labute approximate surface area is 153 Å². The van der Waals surface area contributed by atoms with Crippen LogP contribution in [-0.4, -0.2) is 23.8 Å². The van der Waals surface area contributed by atoms with E-state index in [1.807, 2.05) is 37.3 Å². The molecule has 1 saturated heterocycles. The minimum absolute atomic E-state index is 0.111. The second-order valence-electron chi connectivity index (χ2n) is 7.01. The van der Waals surface area contributed by atoms with Crippen molar-refractivity contribution in [1.82, 2.24) is 5.32 Å². The first kappa shape index (κ1) is 21.7. The summed E-state index contributed by atoms with van der Waals surface area (Å²) in [7, 11) is 0. The third-order valence-electron chi connectivity index (χ3n) is 4.13. The van der Waals surface area contributed by atoms with Gasteiger partial charge < -0.3 is 9.47 Å². The number of nitrogens with one attached hydrogen (secondary N) is 1. The Morgan fingerprint density at radius 3 is 2.40 bits per heavy atom. The van der Waals surface area contributed by atoms with Gasteiger partial charge in [-0.15, -0.1) is 0 Å². The Kier molecular flexibility index (Phi) is 9.76. The van der Waals surface area contributed by atoms with Crippen LogP contribution in [0.25, 0.3) is 0 Å². The zero-order valence-corrected chi connectivity index (χ0v) is 16.5. The lowest BCUT2D eigenvalue weighted by Crippen LogP contribution is -2.38. The Bertz CT molecular complexity index is 487. The smallest absolute Gasteiger partial charge is 0.306 e. The van der Waals surface area contributed by atoms with Crippen LogP contribution in [0.2, 0.25) is 0 Å². The van der Waals surface area contributed by atoms with E-state index in [2.05, 4.69) is 33.0 Å². The van der Waals surface area contributed by atoms with Crippen LogP contribution < -0.4 is 5.32 Å². The standard InChI is InChI=1S/C11H14O2.C10H21NO/c1-2-6-11(12)13-9-10-7-4-3-5-8-10;1-5-7-8-9(6-2)12-10(3,4)11-8/h3-5,7-8H,2,6,9H2,1H3;8-9,11H,5-7H2,1-4H3. The topological polar surface area (TPSA) is 47.6 Å². The number of rotatable bonds is 7. The average molecular weight is 350 g/mol. The van der Waals surface area contributed by atoms with E-state index in [0.29, 0.717) is 25.2 Å². The largest absolute Gasteiger partial charge is 0.461 e. The predicted molar refractivity (Wildman–Crippen MR) is 102 cm³/mol. The number of carbonyl (C=O) groups excluding carboxylic acids is 1. The lowest BCUT2D eigenvalue weighted by Gasteiger charge is -2.17. The van der Waals surface area contributed by atoms with Crippen molar-refractivity contribution < 1.29 is 14.3 Å². The van der Waals surface area contributed by atoms with Gasteiger partial charge in [0.1, 0.15) is 12.3 Å². The lowest BCUT2D eigenvalue weighted by atomic mass is 10.0. The molecule has 0 spiro atoms. The highest BCUT2D eigenvalue weighted by Crippen LogP contribution is 2.25. The highest BCUT2D eigenvalue weighted by Gasteiger charge is 2.37. The molecule has 2 atom stereocenters. The van der Waals surface area contributed by atoms with Gasteiger partial charge in [-0.3, -0.25) is 10.1 Å². The number of ether oxygens (including phenoxy) is 2. The van der Waals surface area contributed by atoms with Crippen molar-refractivity contribution in [2.75, 3.05) is 0 Å². The van der Waals surface area contributed by atoms with Crippen LogP contribution in [-0.2, 0) is 20.9 Å². The van der Waals surface area contributed by atoms with Crippen molar-refractivity contribution >= 4 is 5.97 Å². The molecule has 1 heterocycles. The van der Waals surface area contributed by atoms with Crippen LogP contribution in [0.5, 0.6) is 0 Å². The summed E-state index contributed by atoms with van der Waals surface area (Å²) in [5.41, 5.74) is 0.924. The Morgan fingerprint density at radius 2 is 1.84 bits per heavy atom. The van der Waals surface area contributed by atoms with Gasteiger partial charge in [0.2, 0.25) is 0 Å². The molecule has 1 N–H and O–H groups in total. The highest BCUT2D eigenvalue weighted by atomic mass is 16.5. The maximum absolute atomic E-state index is 11.0. The molecule has 0 amide bonds.